The van der Waals surface area contributed by atoms with Crippen LogP contribution < -0.4 is 4.72 Å². The van der Waals surface area contributed by atoms with E-state index in [2.05, 4.69) is 9.71 Å². The molecule has 1 aromatic carbocycles. The van der Waals surface area contributed by atoms with E-state index in [0.717, 1.165) is 30.4 Å². The zero-order valence-electron chi connectivity index (χ0n) is 12.9. The lowest BCUT2D eigenvalue weighted by molar-refractivity contribution is 0.252. The minimum Gasteiger partial charge on any atom is -0.264 e. The first kappa shape index (κ1) is 16.1. The minimum atomic E-state index is -3.52. The molecule has 5 nitrogen and oxygen atoms in total. The number of aromatic nitrogens is 1. The fourth-order valence-electron chi connectivity index (χ4n) is 2.95. The van der Waals surface area contributed by atoms with E-state index in [1.807, 2.05) is 42.5 Å². The molecule has 0 saturated carbocycles. The van der Waals surface area contributed by atoms with E-state index in [4.69, 9.17) is 0 Å². The van der Waals surface area contributed by atoms with Crippen LogP contribution in [0.25, 0.3) is 0 Å². The lowest BCUT2D eigenvalue weighted by atomic mass is 9.99. The van der Waals surface area contributed by atoms with Gasteiger partial charge >= 0.3 is 0 Å². The summed E-state index contributed by atoms with van der Waals surface area (Å²) in [4.78, 5) is 4.13. The maximum absolute atomic E-state index is 12.7. The molecule has 122 valence electrons. The van der Waals surface area contributed by atoms with Crippen LogP contribution in [0.4, 0.5) is 0 Å². The van der Waals surface area contributed by atoms with E-state index >= 15 is 0 Å². The molecule has 1 aromatic heterocycles. The maximum atomic E-state index is 12.7. The van der Waals surface area contributed by atoms with Gasteiger partial charge in [0.05, 0.1) is 6.04 Å². The average molecular weight is 331 g/mol. The number of hydrogen-bond acceptors (Lipinski definition) is 3. The Kier molecular flexibility index (Phi) is 5.05. The molecule has 6 heteroatoms. The molecule has 0 aliphatic carbocycles. The van der Waals surface area contributed by atoms with E-state index in [1.165, 1.54) is 0 Å². The van der Waals surface area contributed by atoms with Gasteiger partial charge in [-0.05, 0) is 30.0 Å². The smallest absolute Gasteiger partial charge is 0.264 e. The minimum absolute atomic E-state index is 0.134. The largest absolute Gasteiger partial charge is 0.280 e. The van der Waals surface area contributed by atoms with Crippen molar-refractivity contribution in [1.82, 2.24) is 14.0 Å². The van der Waals surface area contributed by atoms with Gasteiger partial charge in [0.15, 0.2) is 0 Å². The molecule has 1 aliphatic heterocycles. The Morgan fingerprint density at radius 2 is 1.96 bits per heavy atom. The standard InChI is InChI=1S/C17H21N3O2S/c21-23(22,19-13-15-7-2-1-3-8-15)20-12-5-4-10-17(20)16-9-6-11-18-14-16/h1-3,6-9,11,14,17,19H,4-5,10,12-13H2. The normalized spacial score (nSPS) is 19.6. The molecule has 1 N–H and O–H groups in total. The van der Waals surface area contributed by atoms with Crippen LogP contribution in [-0.2, 0) is 16.8 Å². The summed E-state index contributed by atoms with van der Waals surface area (Å²) in [5, 5.41) is 0. The summed E-state index contributed by atoms with van der Waals surface area (Å²) in [6.45, 7) is 0.850. The highest BCUT2D eigenvalue weighted by atomic mass is 32.2. The molecule has 0 bridgehead atoms. The van der Waals surface area contributed by atoms with Crippen molar-refractivity contribution < 1.29 is 8.42 Å². The zero-order chi connectivity index (χ0) is 16.1. The van der Waals surface area contributed by atoms with Crippen molar-refractivity contribution in [3.8, 4) is 0 Å². The van der Waals surface area contributed by atoms with Crippen LogP contribution in [0.15, 0.2) is 54.9 Å². The average Bonchev–Trinajstić information content (AvgIpc) is 2.62. The molecule has 2 aromatic rings. The third-order valence-corrected chi connectivity index (χ3v) is 5.70. The molecule has 0 radical (unpaired) electrons. The second-order valence-corrected chi connectivity index (χ2v) is 7.43. The highest BCUT2D eigenvalue weighted by Crippen LogP contribution is 2.32. The molecule has 1 aliphatic rings. The Bertz CT molecular complexity index is 720. The third kappa shape index (κ3) is 3.96. The van der Waals surface area contributed by atoms with Crippen molar-refractivity contribution in [3.05, 3.63) is 66.0 Å². The first-order valence-corrected chi connectivity index (χ1v) is 9.31. The summed E-state index contributed by atoms with van der Waals surface area (Å²) in [6, 6.07) is 13.2. The van der Waals surface area contributed by atoms with Crippen LogP contribution in [0, 0.1) is 0 Å². The summed E-state index contributed by atoms with van der Waals surface area (Å²) >= 11 is 0. The number of benzene rings is 1. The van der Waals surface area contributed by atoms with Crippen LogP contribution in [-0.4, -0.2) is 24.3 Å². The van der Waals surface area contributed by atoms with Gasteiger partial charge in [-0.2, -0.15) is 17.4 Å². The summed E-state index contributed by atoms with van der Waals surface area (Å²) in [6.07, 6.45) is 6.22. The van der Waals surface area contributed by atoms with Gasteiger partial charge in [-0.1, -0.05) is 42.8 Å². The van der Waals surface area contributed by atoms with Gasteiger partial charge in [-0.15, -0.1) is 0 Å². The summed E-state index contributed by atoms with van der Waals surface area (Å²) in [7, 11) is -3.52. The van der Waals surface area contributed by atoms with E-state index < -0.39 is 10.2 Å². The van der Waals surface area contributed by atoms with Crippen molar-refractivity contribution >= 4 is 10.2 Å². The van der Waals surface area contributed by atoms with E-state index in [-0.39, 0.29) is 6.04 Å². The number of hydrogen-bond donors (Lipinski definition) is 1. The number of nitrogens with one attached hydrogen (secondary N) is 1. The van der Waals surface area contributed by atoms with Crippen molar-refractivity contribution in [2.45, 2.75) is 31.8 Å². The Hall–Kier alpha value is -1.76. The quantitative estimate of drug-likeness (QED) is 0.916. The first-order chi connectivity index (χ1) is 11.2. The van der Waals surface area contributed by atoms with E-state index in [1.54, 1.807) is 16.7 Å². The molecule has 0 spiro atoms. The molecule has 23 heavy (non-hydrogen) atoms. The molecule has 1 unspecified atom stereocenters. The van der Waals surface area contributed by atoms with Gasteiger partial charge < -0.3 is 0 Å². The van der Waals surface area contributed by atoms with Crippen LogP contribution >= 0.6 is 0 Å². The Balaban J connectivity index is 1.76. The predicted octanol–water partition coefficient (Wildman–Crippen LogP) is 2.64. The Labute approximate surface area is 137 Å². The number of rotatable bonds is 5. The van der Waals surface area contributed by atoms with Gasteiger partial charge in [-0.3, -0.25) is 4.98 Å². The fraction of sp³-hybridized carbons (Fsp3) is 0.353. The molecular weight excluding hydrogens is 310 g/mol. The Morgan fingerprint density at radius 3 is 2.70 bits per heavy atom. The Morgan fingerprint density at radius 1 is 1.13 bits per heavy atom. The summed E-state index contributed by atoms with van der Waals surface area (Å²) < 4.78 is 29.8. The highest BCUT2D eigenvalue weighted by Gasteiger charge is 2.33. The van der Waals surface area contributed by atoms with Gasteiger partial charge in [0.2, 0.25) is 0 Å². The number of nitrogens with zero attached hydrogens (tertiary/aromatic N) is 2. The van der Waals surface area contributed by atoms with Gasteiger partial charge in [-0.25, -0.2) is 0 Å². The lowest BCUT2D eigenvalue weighted by Gasteiger charge is -2.34. The summed E-state index contributed by atoms with van der Waals surface area (Å²) in [5.41, 5.74) is 1.91. The van der Waals surface area contributed by atoms with Crippen LogP contribution in [0.5, 0.6) is 0 Å². The first-order valence-electron chi connectivity index (χ1n) is 7.87. The van der Waals surface area contributed by atoms with Crippen molar-refractivity contribution in [2.24, 2.45) is 0 Å². The number of pyridine rings is 1. The fourth-order valence-corrected chi connectivity index (χ4v) is 4.40. The van der Waals surface area contributed by atoms with Crippen molar-refractivity contribution in [2.75, 3.05) is 6.54 Å². The molecule has 3 rings (SSSR count). The van der Waals surface area contributed by atoms with Crippen LogP contribution in [0.3, 0.4) is 0 Å². The lowest BCUT2D eigenvalue weighted by Crippen LogP contribution is -2.44. The second kappa shape index (κ2) is 7.21. The predicted molar refractivity (Wildman–Crippen MR) is 89.7 cm³/mol. The van der Waals surface area contributed by atoms with Crippen molar-refractivity contribution in [1.29, 1.82) is 0 Å². The van der Waals surface area contributed by atoms with Crippen LogP contribution in [0.2, 0.25) is 0 Å². The molecule has 1 atom stereocenters. The topological polar surface area (TPSA) is 62.3 Å². The van der Waals surface area contributed by atoms with Gasteiger partial charge in [0.1, 0.15) is 0 Å². The zero-order valence-corrected chi connectivity index (χ0v) is 13.7. The monoisotopic (exact) mass is 331 g/mol. The SMILES string of the molecule is O=S(=O)(NCc1ccccc1)N1CCCCC1c1cccnc1. The van der Waals surface area contributed by atoms with E-state index in [9.17, 15) is 8.42 Å². The second-order valence-electron chi connectivity index (χ2n) is 5.72. The summed E-state index contributed by atoms with van der Waals surface area (Å²) in [5.74, 6) is 0. The van der Waals surface area contributed by atoms with Gasteiger partial charge in [0, 0.05) is 25.5 Å². The molecule has 1 fully saturated rings. The molecule has 1 saturated heterocycles. The number of piperidine rings is 1. The van der Waals surface area contributed by atoms with Crippen molar-refractivity contribution in [3.63, 3.8) is 0 Å². The molecule has 2 heterocycles. The van der Waals surface area contributed by atoms with Gasteiger partial charge in [0.25, 0.3) is 10.2 Å². The molecule has 0 amide bonds. The molecular formula is C17H21N3O2S. The van der Waals surface area contributed by atoms with E-state index in [0.29, 0.717) is 13.1 Å². The highest BCUT2D eigenvalue weighted by molar-refractivity contribution is 7.87. The maximum Gasteiger partial charge on any atom is 0.280 e. The third-order valence-electron chi connectivity index (χ3n) is 4.13. The van der Waals surface area contributed by atoms with Crippen LogP contribution in [0.1, 0.15) is 36.4 Å².